The van der Waals surface area contributed by atoms with Crippen molar-refractivity contribution >= 4 is 11.5 Å². The van der Waals surface area contributed by atoms with Crippen LogP contribution in [-0.2, 0) is 0 Å². The Hall–Kier alpha value is -1.69. The number of nitrogens with zero attached hydrogens (tertiary/aromatic N) is 5. The first-order chi connectivity index (χ1) is 9.40. The van der Waals surface area contributed by atoms with Crippen LogP contribution in [0, 0.1) is 0 Å². The average Bonchev–Trinajstić information content (AvgIpc) is 3.07. The van der Waals surface area contributed by atoms with Gasteiger partial charge in [-0.05, 0) is 25.8 Å². The normalized spacial score (nSPS) is 19.4. The summed E-state index contributed by atoms with van der Waals surface area (Å²) in [4.78, 5) is 6.88. The van der Waals surface area contributed by atoms with Crippen molar-refractivity contribution in [2.45, 2.75) is 32.2 Å². The van der Waals surface area contributed by atoms with Gasteiger partial charge < -0.3 is 10.2 Å². The zero-order valence-corrected chi connectivity index (χ0v) is 11.3. The number of nitrogens with one attached hydrogen (secondary N) is 1. The monoisotopic (exact) mass is 260 g/mol. The highest BCUT2D eigenvalue weighted by molar-refractivity contribution is 5.64. The van der Waals surface area contributed by atoms with E-state index in [4.69, 9.17) is 0 Å². The number of anilines is 1. The van der Waals surface area contributed by atoms with Crippen molar-refractivity contribution in [3.05, 3.63) is 18.7 Å². The lowest BCUT2D eigenvalue weighted by atomic mass is 10.2. The van der Waals surface area contributed by atoms with Crippen molar-refractivity contribution in [3.8, 4) is 0 Å². The van der Waals surface area contributed by atoms with Crippen LogP contribution in [0.4, 0.5) is 5.82 Å². The van der Waals surface area contributed by atoms with E-state index in [9.17, 15) is 0 Å². The van der Waals surface area contributed by atoms with Crippen LogP contribution in [0.15, 0.2) is 18.7 Å². The molecule has 0 amide bonds. The highest BCUT2D eigenvalue weighted by Crippen LogP contribution is 2.25. The van der Waals surface area contributed by atoms with Gasteiger partial charge in [0.05, 0.1) is 0 Å². The number of hydrogen-bond donors (Lipinski definition) is 1. The van der Waals surface area contributed by atoms with Crippen LogP contribution in [0.3, 0.4) is 0 Å². The minimum atomic E-state index is 0.516. The fourth-order valence-corrected chi connectivity index (χ4v) is 2.72. The first-order valence-electron chi connectivity index (χ1n) is 7.02. The van der Waals surface area contributed by atoms with Crippen molar-refractivity contribution in [1.29, 1.82) is 0 Å². The van der Waals surface area contributed by atoms with Crippen LogP contribution < -0.4 is 10.2 Å². The Labute approximate surface area is 112 Å². The van der Waals surface area contributed by atoms with Gasteiger partial charge in [0.25, 0.3) is 0 Å². The summed E-state index contributed by atoms with van der Waals surface area (Å²) in [6.07, 6.45) is 9.04. The van der Waals surface area contributed by atoms with Crippen molar-refractivity contribution in [1.82, 2.24) is 24.9 Å². The van der Waals surface area contributed by atoms with E-state index in [1.165, 1.54) is 19.3 Å². The standard InChI is InChI=1S/C13H20N6/c1-2-5-14-9-11-4-3-7-19(11)12-13-17-16-10-18(13)8-6-15-12/h6,8,10-11,14H,2-5,7,9H2,1H3. The molecule has 6 heteroatoms. The summed E-state index contributed by atoms with van der Waals surface area (Å²) in [5.41, 5.74) is 0.852. The molecule has 0 bridgehead atoms. The molecule has 3 heterocycles. The summed E-state index contributed by atoms with van der Waals surface area (Å²) in [6.45, 7) is 5.34. The van der Waals surface area contributed by atoms with Gasteiger partial charge in [-0.25, -0.2) is 4.98 Å². The number of hydrogen-bond acceptors (Lipinski definition) is 5. The van der Waals surface area contributed by atoms with Gasteiger partial charge in [0.1, 0.15) is 6.33 Å². The minimum absolute atomic E-state index is 0.516. The minimum Gasteiger partial charge on any atom is -0.349 e. The van der Waals surface area contributed by atoms with E-state index in [-0.39, 0.29) is 0 Å². The van der Waals surface area contributed by atoms with Crippen molar-refractivity contribution in [3.63, 3.8) is 0 Å². The Morgan fingerprint density at radius 2 is 2.42 bits per heavy atom. The molecule has 0 spiro atoms. The maximum Gasteiger partial charge on any atom is 0.203 e. The molecule has 0 saturated carbocycles. The van der Waals surface area contributed by atoms with Crippen LogP contribution in [-0.4, -0.2) is 45.3 Å². The lowest BCUT2D eigenvalue weighted by Gasteiger charge is -2.25. The van der Waals surface area contributed by atoms with Gasteiger partial charge >= 0.3 is 0 Å². The Balaban J connectivity index is 1.81. The lowest BCUT2D eigenvalue weighted by molar-refractivity contribution is 0.568. The molecule has 19 heavy (non-hydrogen) atoms. The van der Waals surface area contributed by atoms with Crippen LogP contribution in [0.25, 0.3) is 5.65 Å². The van der Waals surface area contributed by atoms with E-state index in [1.54, 1.807) is 6.33 Å². The molecule has 1 aliphatic rings. The van der Waals surface area contributed by atoms with E-state index in [0.717, 1.165) is 31.1 Å². The number of fused-ring (bicyclic) bond motifs is 1. The predicted molar refractivity (Wildman–Crippen MR) is 74.3 cm³/mol. The topological polar surface area (TPSA) is 58.4 Å². The molecule has 2 aromatic heterocycles. The molecule has 1 N–H and O–H groups in total. The molecule has 6 nitrogen and oxygen atoms in total. The van der Waals surface area contributed by atoms with Crippen molar-refractivity contribution in [2.24, 2.45) is 0 Å². The molecule has 1 fully saturated rings. The second-order valence-corrected chi connectivity index (χ2v) is 5.01. The molecule has 0 aliphatic carbocycles. The Bertz CT molecular complexity index is 537. The highest BCUT2D eigenvalue weighted by atomic mass is 15.3. The van der Waals surface area contributed by atoms with Gasteiger partial charge in [-0.2, -0.15) is 0 Å². The van der Waals surface area contributed by atoms with Crippen LogP contribution >= 0.6 is 0 Å². The molecule has 1 atom stereocenters. The van der Waals surface area contributed by atoms with Gasteiger partial charge in [0.15, 0.2) is 5.82 Å². The van der Waals surface area contributed by atoms with Crippen LogP contribution in [0.5, 0.6) is 0 Å². The van der Waals surface area contributed by atoms with Gasteiger partial charge in [-0.1, -0.05) is 6.92 Å². The van der Waals surface area contributed by atoms with E-state index < -0.39 is 0 Å². The molecule has 0 radical (unpaired) electrons. The number of rotatable bonds is 5. The fourth-order valence-electron chi connectivity index (χ4n) is 2.72. The lowest BCUT2D eigenvalue weighted by Crippen LogP contribution is -2.38. The van der Waals surface area contributed by atoms with E-state index >= 15 is 0 Å². The first kappa shape index (κ1) is 12.3. The van der Waals surface area contributed by atoms with Gasteiger partial charge in [-0.15, -0.1) is 10.2 Å². The number of aromatic nitrogens is 4. The molecule has 0 aromatic carbocycles. The summed E-state index contributed by atoms with van der Waals surface area (Å²) in [5, 5.41) is 11.7. The summed E-state index contributed by atoms with van der Waals surface area (Å²) >= 11 is 0. The maximum atomic E-state index is 4.51. The van der Waals surface area contributed by atoms with Gasteiger partial charge in [-0.3, -0.25) is 4.40 Å². The molecule has 3 rings (SSSR count). The average molecular weight is 260 g/mol. The first-order valence-corrected chi connectivity index (χ1v) is 7.02. The van der Waals surface area contributed by atoms with Crippen molar-refractivity contribution in [2.75, 3.05) is 24.5 Å². The third-order valence-electron chi connectivity index (χ3n) is 3.65. The Kier molecular flexibility index (Phi) is 3.59. The van der Waals surface area contributed by atoms with E-state index in [0.29, 0.717) is 6.04 Å². The summed E-state index contributed by atoms with van der Waals surface area (Å²) in [5.74, 6) is 0.959. The summed E-state index contributed by atoms with van der Waals surface area (Å²) in [7, 11) is 0. The molecular weight excluding hydrogens is 240 g/mol. The van der Waals surface area contributed by atoms with Crippen molar-refractivity contribution < 1.29 is 0 Å². The predicted octanol–water partition coefficient (Wildman–Crippen LogP) is 1.09. The Morgan fingerprint density at radius 3 is 3.32 bits per heavy atom. The second kappa shape index (κ2) is 5.52. The third-order valence-corrected chi connectivity index (χ3v) is 3.65. The summed E-state index contributed by atoms with van der Waals surface area (Å²) < 4.78 is 1.93. The fraction of sp³-hybridized carbons (Fsp3) is 0.615. The SMILES string of the molecule is CCCNCC1CCCN1c1nccn2cnnc12. The molecule has 102 valence electrons. The highest BCUT2D eigenvalue weighted by Gasteiger charge is 2.27. The Morgan fingerprint density at radius 1 is 1.47 bits per heavy atom. The smallest absolute Gasteiger partial charge is 0.203 e. The molecule has 1 aliphatic heterocycles. The molecule has 2 aromatic rings. The molecule has 1 saturated heterocycles. The zero-order valence-electron chi connectivity index (χ0n) is 11.3. The maximum absolute atomic E-state index is 4.51. The third kappa shape index (κ3) is 2.40. The van der Waals surface area contributed by atoms with E-state index in [2.05, 4.69) is 32.3 Å². The van der Waals surface area contributed by atoms with Crippen LogP contribution in [0.2, 0.25) is 0 Å². The largest absolute Gasteiger partial charge is 0.349 e. The molecular formula is C13H20N6. The molecule has 1 unspecified atom stereocenters. The summed E-state index contributed by atoms with van der Waals surface area (Å²) in [6, 6.07) is 0.516. The second-order valence-electron chi connectivity index (χ2n) is 5.01. The van der Waals surface area contributed by atoms with E-state index in [1.807, 2.05) is 16.8 Å². The van der Waals surface area contributed by atoms with Gasteiger partial charge in [0.2, 0.25) is 5.65 Å². The van der Waals surface area contributed by atoms with Crippen LogP contribution in [0.1, 0.15) is 26.2 Å². The van der Waals surface area contributed by atoms with Gasteiger partial charge in [0, 0.05) is 31.5 Å². The zero-order chi connectivity index (χ0) is 13.1. The quantitative estimate of drug-likeness (QED) is 0.816.